The molecule has 1 aliphatic carbocycles. The fourth-order valence-electron chi connectivity index (χ4n) is 2.55. The lowest BCUT2D eigenvalue weighted by molar-refractivity contribution is 0.712. The van der Waals surface area contributed by atoms with Gasteiger partial charge in [0, 0.05) is 13.6 Å². The quantitative estimate of drug-likeness (QED) is 0.426. The maximum Gasteiger partial charge on any atom is 0.169 e. The summed E-state index contributed by atoms with van der Waals surface area (Å²) in [6, 6.07) is 2.19. The van der Waals surface area contributed by atoms with E-state index < -0.39 is 0 Å². The van der Waals surface area contributed by atoms with Crippen molar-refractivity contribution in [2.24, 2.45) is 10.9 Å². The molecule has 0 unspecified atom stereocenters. The van der Waals surface area contributed by atoms with Gasteiger partial charge >= 0.3 is 0 Å². The third kappa shape index (κ3) is 4.61. The van der Waals surface area contributed by atoms with E-state index in [-0.39, 0.29) is 0 Å². The van der Waals surface area contributed by atoms with E-state index in [9.17, 15) is 5.26 Å². The van der Waals surface area contributed by atoms with Gasteiger partial charge in [-0.25, -0.2) is 0 Å². The molecule has 6 heteroatoms. The molecule has 1 N–H and O–H groups in total. The molecule has 0 radical (unpaired) electrons. The van der Waals surface area contributed by atoms with Crippen LogP contribution in [0.5, 0.6) is 0 Å². The van der Waals surface area contributed by atoms with Crippen molar-refractivity contribution in [1.82, 2.24) is 9.78 Å². The van der Waals surface area contributed by atoms with E-state index in [1.54, 1.807) is 17.9 Å². The highest BCUT2D eigenvalue weighted by Crippen LogP contribution is 2.30. The summed E-state index contributed by atoms with van der Waals surface area (Å²) in [6.07, 6.45) is 8.49. The van der Waals surface area contributed by atoms with Gasteiger partial charge in [-0.05, 0) is 38.5 Å². The number of nitrogens with one attached hydrogen (secondary N) is 1. The molecule has 1 heterocycles. The minimum Gasteiger partial charge on any atom is -0.369 e. The minimum absolute atomic E-state index is 0.518. The van der Waals surface area contributed by atoms with Gasteiger partial charge in [-0.15, -0.1) is 0 Å². The van der Waals surface area contributed by atoms with E-state index in [2.05, 4.69) is 28.4 Å². The van der Waals surface area contributed by atoms with Crippen molar-refractivity contribution in [3.63, 3.8) is 0 Å². The summed E-state index contributed by atoms with van der Waals surface area (Å²) in [5.41, 5.74) is 1.62. The number of aliphatic imine (C=N–C) groups is 1. The highest BCUT2D eigenvalue weighted by molar-refractivity contribution is 6.43. The second-order valence-corrected chi connectivity index (χ2v) is 6.73. The molecule has 0 amide bonds. The van der Waals surface area contributed by atoms with Crippen LogP contribution in [0.2, 0.25) is 0 Å². The van der Waals surface area contributed by atoms with Crippen LogP contribution >= 0.6 is 11.6 Å². The Hall–Kier alpha value is -1.80. The van der Waals surface area contributed by atoms with Gasteiger partial charge < -0.3 is 5.32 Å². The average molecular weight is 348 g/mol. The average Bonchev–Trinajstić information content (AvgIpc) is 3.33. The van der Waals surface area contributed by atoms with Gasteiger partial charge in [-0.1, -0.05) is 36.9 Å². The molecule has 2 rings (SSSR count). The molecule has 1 saturated carbocycles. The number of aromatic nitrogens is 2. The fourth-order valence-corrected chi connectivity index (χ4v) is 2.81. The van der Waals surface area contributed by atoms with Crippen molar-refractivity contribution in [2.45, 2.75) is 52.4 Å². The largest absolute Gasteiger partial charge is 0.369 e. The topological polar surface area (TPSA) is 66.0 Å². The molecule has 0 aliphatic heterocycles. The lowest BCUT2D eigenvalue weighted by atomic mass is 10.1. The van der Waals surface area contributed by atoms with Crippen LogP contribution in [0.15, 0.2) is 21.8 Å². The molecule has 24 heavy (non-hydrogen) atoms. The first kappa shape index (κ1) is 18.5. The number of anilines is 1. The fraction of sp³-hybridized carbons (Fsp3) is 0.611. The van der Waals surface area contributed by atoms with Crippen molar-refractivity contribution in [2.75, 3.05) is 18.9 Å². The number of hydrogen-bond acceptors (Lipinski definition) is 4. The Kier molecular flexibility index (Phi) is 6.86. The zero-order chi connectivity index (χ0) is 17.5. The van der Waals surface area contributed by atoms with E-state index in [4.69, 9.17) is 11.6 Å². The van der Waals surface area contributed by atoms with Gasteiger partial charge in [0.15, 0.2) is 5.84 Å². The van der Waals surface area contributed by atoms with Crippen LogP contribution in [-0.4, -0.2) is 29.2 Å². The third-order valence-corrected chi connectivity index (χ3v) is 4.78. The smallest absolute Gasteiger partial charge is 0.169 e. The number of rotatable bonds is 8. The van der Waals surface area contributed by atoms with Crippen LogP contribution in [0, 0.1) is 17.2 Å². The number of hydrogen-bond donors (Lipinski definition) is 1. The second kappa shape index (κ2) is 8.89. The van der Waals surface area contributed by atoms with Gasteiger partial charge in [-0.3, -0.25) is 4.99 Å². The highest BCUT2D eigenvalue weighted by Gasteiger charge is 2.23. The van der Waals surface area contributed by atoms with Gasteiger partial charge in [0.25, 0.3) is 0 Å². The molecule has 0 bridgehead atoms. The van der Waals surface area contributed by atoms with Crippen LogP contribution < -0.4 is 5.32 Å². The van der Waals surface area contributed by atoms with Crippen LogP contribution in [0.3, 0.4) is 0 Å². The van der Waals surface area contributed by atoms with Crippen molar-refractivity contribution < 1.29 is 0 Å². The SMILES string of the molecule is CCCCC/C(C)=C(\Cl)C(=NC)n1ncc(C#N)c1NCC1CC1. The summed E-state index contributed by atoms with van der Waals surface area (Å²) in [4.78, 5) is 4.34. The van der Waals surface area contributed by atoms with Crippen LogP contribution in [-0.2, 0) is 0 Å². The molecule has 0 spiro atoms. The van der Waals surface area contributed by atoms with Crippen LogP contribution in [0.1, 0.15) is 57.9 Å². The Bertz CT molecular complexity index is 661. The van der Waals surface area contributed by atoms with Gasteiger partial charge in [-0.2, -0.15) is 15.0 Å². The number of nitrogens with zero attached hydrogens (tertiary/aromatic N) is 4. The standard InChI is InChI=1S/C18H26ClN5/c1-4-5-6-7-13(2)16(19)18(21-3)24-17(15(10-20)12-23-24)22-11-14-8-9-14/h12,14,22H,4-9,11H2,1-3H3/b16-13-,21-18?. The summed E-state index contributed by atoms with van der Waals surface area (Å²) in [5.74, 6) is 1.97. The summed E-state index contributed by atoms with van der Waals surface area (Å²) in [5, 5.41) is 17.6. The molecule has 130 valence electrons. The Morgan fingerprint density at radius 2 is 2.25 bits per heavy atom. The monoisotopic (exact) mass is 347 g/mol. The molecule has 1 aromatic heterocycles. The Labute approximate surface area is 149 Å². The number of halogens is 1. The summed E-state index contributed by atoms with van der Waals surface area (Å²) >= 11 is 6.59. The number of allylic oxidation sites excluding steroid dienone is 2. The Morgan fingerprint density at radius 3 is 2.83 bits per heavy atom. The first-order valence-corrected chi connectivity index (χ1v) is 9.04. The van der Waals surface area contributed by atoms with Crippen molar-refractivity contribution in [3.05, 3.63) is 22.4 Å². The molecule has 1 aliphatic rings. The third-order valence-electron chi connectivity index (χ3n) is 4.28. The summed E-state index contributed by atoms with van der Waals surface area (Å²) in [7, 11) is 1.70. The summed E-state index contributed by atoms with van der Waals surface area (Å²) in [6.45, 7) is 5.08. The van der Waals surface area contributed by atoms with E-state index in [0.717, 1.165) is 25.0 Å². The maximum atomic E-state index is 9.33. The first-order chi connectivity index (χ1) is 11.6. The maximum absolute atomic E-state index is 9.33. The lowest BCUT2D eigenvalue weighted by Gasteiger charge is -2.13. The molecule has 5 nitrogen and oxygen atoms in total. The minimum atomic E-state index is 0.518. The van der Waals surface area contributed by atoms with E-state index in [1.807, 2.05) is 6.92 Å². The molecule has 1 aromatic rings. The molecular weight excluding hydrogens is 322 g/mol. The normalized spacial score (nSPS) is 15.9. The van der Waals surface area contributed by atoms with Gasteiger partial charge in [0.05, 0.1) is 11.2 Å². The van der Waals surface area contributed by atoms with Crippen molar-refractivity contribution in [1.29, 1.82) is 5.26 Å². The van der Waals surface area contributed by atoms with Crippen molar-refractivity contribution in [3.8, 4) is 6.07 Å². The molecule has 0 saturated heterocycles. The highest BCUT2D eigenvalue weighted by atomic mass is 35.5. The summed E-state index contributed by atoms with van der Waals surface area (Å²) < 4.78 is 1.66. The zero-order valence-electron chi connectivity index (χ0n) is 14.8. The van der Waals surface area contributed by atoms with Crippen LogP contribution in [0.4, 0.5) is 5.82 Å². The van der Waals surface area contributed by atoms with Crippen LogP contribution in [0.25, 0.3) is 0 Å². The lowest BCUT2D eigenvalue weighted by Crippen LogP contribution is -2.19. The van der Waals surface area contributed by atoms with Gasteiger partial charge in [0.1, 0.15) is 17.5 Å². The zero-order valence-corrected chi connectivity index (χ0v) is 15.5. The van der Waals surface area contributed by atoms with E-state index in [1.165, 1.54) is 25.7 Å². The van der Waals surface area contributed by atoms with E-state index in [0.29, 0.717) is 28.2 Å². The second-order valence-electron chi connectivity index (χ2n) is 6.35. The first-order valence-electron chi connectivity index (χ1n) is 8.67. The van der Waals surface area contributed by atoms with Crippen molar-refractivity contribution >= 4 is 23.3 Å². The Morgan fingerprint density at radius 1 is 1.50 bits per heavy atom. The predicted octanol–water partition coefficient (Wildman–Crippen LogP) is 4.55. The van der Waals surface area contributed by atoms with Gasteiger partial charge in [0.2, 0.25) is 0 Å². The molecule has 0 atom stereocenters. The molecular formula is C18H26ClN5. The predicted molar refractivity (Wildman–Crippen MR) is 99.6 cm³/mol. The Balaban J connectivity index is 2.24. The molecule has 1 fully saturated rings. The van der Waals surface area contributed by atoms with E-state index >= 15 is 0 Å². The number of unbranched alkanes of at least 4 members (excludes halogenated alkanes) is 2. The molecule has 0 aromatic carbocycles. The number of nitriles is 1.